The Hall–Kier alpha value is -4.08. The van der Waals surface area contributed by atoms with Crippen molar-refractivity contribution in [1.29, 1.82) is 0 Å². The number of anilines is 1. The third-order valence-electron chi connectivity index (χ3n) is 4.86. The van der Waals surface area contributed by atoms with E-state index in [2.05, 4.69) is 20.6 Å². The molecule has 0 spiro atoms. The first-order valence-corrected chi connectivity index (χ1v) is 9.16. The number of allylic oxidation sites excluding steroid dienone is 1. The van der Waals surface area contributed by atoms with Crippen molar-refractivity contribution in [2.45, 2.75) is 19.6 Å². The Bertz CT molecular complexity index is 1270. The molecule has 2 heterocycles. The standard InChI is InChI=1S/C20H20N6O4/c1-12-10-17(30-3)14(11-16(12)26(28)29)23-20(2)21-9-8-18(24-20)25-15-7-5-4-6-13(15)22-19(25)27/h4-11,23-24H,1-3H3,(H,22,27). The van der Waals surface area contributed by atoms with Crippen LogP contribution in [0.25, 0.3) is 16.9 Å². The molecule has 0 saturated carbocycles. The number of benzene rings is 2. The number of methoxy groups -OCH3 is 1. The maximum absolute atomic E-state index is 12.5. The van der Waals surface area contributed by atoms with Gasteiger partial charge in [0, 0.05) is 17.8 Å². The molecule has 0 aliphatic carbocycles. The highest BCUT2D eigenvalue weighted by atomic mass is 16.6. The highest BCUT2D eigenvalue weighted by molar-refractivity contribution is 5.86. The molecular formula is C20H20N6O4. The summed E-state index contributed by atoms with van der Waals surface area (Å²) in [5.41, 5.74) is 1.97. The van der Waals surface area contributed by atoms with Crippen LogP contribution < -0.4 is 21.1 Å². The lowest BCUT2D eigenvalue weighted by molar-refractivity contribution is -0.385. The van der Waals surface area contributed by atoms with Crippen LogP contribution in [0.15, 0.2) is 52.3 Å². The van der Waals surface area contributed by atoms with E-state index in [1.807, 2.05) is 24.3 Å². The average molecular weight is 408 g/mol. The first-order valence-electron chi connectivity index (χ1n) is 9.16. The molecule has 30 heavy (non-hydrogen) atoms. The number of nitro benzene ring substituents is 1. The predicted octanol–water partition coefficient (Wildman–Crippen LogP) is 2.81. The van der Waals surface area contributed by atoms with Crippen LogP contribution in [0.5, 0.6) is 5.75 Å². The summed E-state index contributed by atoms with van der Waals surface area (Å²) >= 11 is 0. The van der Waals surface area contributed by atoms with Gasteiger partial charge in [-0.15, -0.1) is 0 Å². The van der Waals surface area contributed by atoms with Crippen molar-refractivity contribution in [3.05, 3.63) is 68.6 Å². The van der Waals surface area contributed by atoms with Crippen molar-refractivity contribution in [2.24, 2.45) is 4.99 Å². The summed E-state index contributed by atoms with van der Waals surface area (Å²) in [7, 11) is 1.49. The van der Waals surface area contributed by atoms with Crippen LogP contribution in [0.1, 0.15) is 12.5 Å². The molecule has 1 aliphatic heterocycles. The Kier molecular flexibility index (Phi) is 4.53. The Balaban J connectivity index is 1.71. The molecule has 0 amide bonds. The summed E-state index contributed by atoms with van der Waals surface area (Å²) < 4.78 is 6.89. The number of nitrogens with zero attached hydrogens (tertiary/aromatic N) is 3. The Labute approximate surface area is 171 Å². The number of nitro groups is 1. The molecule has 4 rings (SSSR count). The van der Waals surface area contributed by atoms with Crippen molar-refractivity contribution < 1.29 is 9.66 Å². The van der Waals surface area contributed by atoms with Gasteiger partial charge >= 0.3 is 5.69 Å². The molecule has 10 nitrogen and oxygen atoms in total. The number of aliphatic imine (C=N–C) groups is 1. The van der Waals surface area contributed by atoms with Crippen molar-refractivity contribution >= 4 is 34.4 Å². The van der Waals surface area contributed by atoms with E-state index in [0.717, 1.165) is 0 Å². The second-order valence-electron chi connectivity index (χ2n) is 7.03. The number of nitrogens with one attached hydrogen (secondary N) is 3. The molecule has 1 aliphatic rings. The van der Waals surface area contributed by atoms with E-state index in [4.69, 9.17) is 4.74 Å². The van der Waals surface area contributed by atoms with Crippen LogP contribution in [0.3, 0.4) is 0 Å². The van der Waals surface area contributed by atoms with Gasteiger partial charge in [0.2, 0.25) is 5.79 Å². The zero-order valence-corrected chi connectivity index (χ0v) is 16.6. The van der Waals surface area contributed by atoms with Crippen molar-refractivity contribution in [1.82, 2.24) is 14.9 Å². The fraction of sp³-hybridized carbons (Fsp3) is 0.200. The SMILES string of the molecule is COc1cc(C)c([N+](=O)[O-])cc1NC1(C)N=CC=C(n2c(=O)[nH]c3ccccc32)N1. The molecule has 1 unspecified atom stereocenters. The average Bonchev–Trinajstić information content (AvgIpc) is 3.04. The molecule has 3 N–H and O–H groups in total. The van der Waals surface area contributed by atoms with Crippen molar-refractivity contribution in [3.63, 3.8) is 0 Å². The van der Waals surface area contributed by atoms with Gasteiger partial charge in [-0.2, -0.15) is 0 Å². The first-order chi connectivity index (χ1) is 14.3. The Morgan fingerprint density at radius 1 is 1.30 bits per heavy atom. The van der Waals surface area contributed by atoms with Crippen LogP contribution in [0.4, 0.5) is 11.4 Å². The number of H-pyrrole nitrogens is 1. The Morgan fingerprint density at radius 2 is 2.07 bits per heavy atom. The number of imidazole rings is 1. The number of aromatic nitrogens is 2. The summed E-state index contributed by atoms with van der Waals surface area (Å²) in [6.07, 6.45) is 3.25. The fourth-order valence-electron chi connectivity index (χ4n) is 3.46. The number of hydrogen-bond donors (Lipinski definition) is 3. The summed E-state index contributed by atoms with van der Waals surface area (Å²) in [6.45, 7) is 3.40. The third-order valence-corrected chi connectivity index (χ3v) is 4.86. The predicted molar refractivity (Wildman–Crippen MR) is 115 cm³/mol. The fourth-order valence-corrected chi connectivity index (χ4v) is 3.46. The monoisotopic (exact) mass is 408 g/mol. The van der Waals surface area contributed by atoms with Gasteiger partial charge < -0.3 is 20.4 Å². The number of ether oxygens (including phenoxy) is 1. The molecule has 3 aromatic rings. The number of rotatable bonds is 5. The molecule has 10 heteroatoms. The molecule has 154 valence electrons. The van der Waals surface area contributed by atoms with E-state index >= 15 is 0 Å². The zero-order chi connectivity index (χ0) is 21.5. The minimum atomic E-state index is -1.09. The number of para-hydroxylation sites is 2. The number of aromatic amines is 1. The smallest absolute Gasteiger partial charge is 0.332 e. The molecular weight excluding hydrogens is 388 g/mol. The van der Waals surface area contributed by atoms with Crippen molar-refractivity contribution in [2.75, 3.05) is 12.4 Å². The van der Waals surface area contributed by atoms with E-state index in [1.165, 1.54) is 17.7 Å². The number of hydrogen-bond acceptors (Lipinski definition) is 7. The number of fused-ring (bicyclic) bond motifs is 1. The van der Waals surface area contributed by atoms with Gasteiger partial charge in [0.1, 0.15) is 11.6 Å². The van der Waals surface area contributed by atoms with Gasteiger partial charge in [-0.3, -0.25) is 10.1 Å². The minimum absolute atomic E-state index is 0.0368. The van der Waals surface area contributed by atoms with Crippen LogP contribution in [0, 0.1) is 17.0 Å². The van der Waals surface area contributed by atoms with Crippen LogP contribution >= 0.6 is 0 Å². The summed E-state index contributed by atoms with van der Waals surface area (Å²) in [5.74, 6) is -0.141. The minimum Gasteiger partial charge on any atom is -0.495 e. The topological polar surface area (TPSA) is 127 Å². The molecule has 0 radical (unpaired) electrons. The lowest BCUT2D eigenvalue weighted by atomic mass is 10.1. The maximum Gasteiger partial charge on any atom is 0.332 e. The Morgan fingerprint density at radius 3 is 2.80 bits per heavy atom. The van der Waals surface area contributed by atoms with Crippen LogP contribution in [-0.4, -0.2) is 33.6 Å². The van der Waals surface area contributed by atoms with Gasteiger partial charge in [-0.1, -0.05) is 12.1 Å². The summed E-state index contributed by atoms with van der Waals surface area (Å²) in [5, 5.41) is 17.7. The summed E-state index contributed by atoms with van der Waals surface area (Å²) in [4.78, 5) is 30.7. The van der Waals surface area contributed by atoms with Crippen LogP contribution in [0.2, 0.25) is 0 Å². The summed E-state index contributed by atoms with van der Waals surface area (Å²) in [6, 6.07) is 10.3. The molecule has 0 bridgehead atoms. The molecule has 1 aromatic heterocycles. The van der Waals surface area contributed by atoms with E-state index in [0.29, 0.717) is 33.9 Å². The number of aryl methyl sites for hydroxylation is 1. The lowest BCUT2D eigenvalue weighted by Crippen LogP contribution is -2.50. The third kappa shape index (κ3) is 3.28. The zero-order valence-electron chi connectivity index (χ0n) is 16.6. The van der Waals surface area contributed by atoms with Gasteiger partial charge in [-0.25, -0.2) is 14.4 Å². The highest BCUT2D eigenvalue weighted by Gasteiger charge is 2.29. The normalized spacial score (nSPS) is 18.0. The maximum atomic E-state index is 12.5. The molecule has 2 aromatic carbocycles. The quantitative estimate of drug-likeness (QED) is 0.440. The molecule has 1 atom stereocenters. The van der Waals surface area contributed by atoms with Gasteiger partial charge in [0.25, 0.3) is 5.69 Å². The van der Waals surface area contributed by atoms with E-state index in [-0.39, 0.29) is 11.4 Å². The van der Waals surface area contributed by atoms with E-state index < -0.39 is 10.7 Å². The van der Waals surface area contributed by atoms with Gasteiger partial charge in [-0.05, 0) is 38.1 Å². The largest absolute Gasteiger partial charge is 0.495 e. The highest BCUT2D eigenvalue weighted by Crippen LogP contribution is 2.34. The van der Waals surface area contributed by atoms with Gasteiger partial charge in [0.15, 0.2) is 0 Å². The van der Waals surface area contributed by atoms with E-state index in [9.17, 15) is 14.9 Å². The second kappa shape index (κ2) is 7.07. The van der Waals surface area contributed by atoms with Crippen LogP contribution in [-0.2, 0) is 0 Å². The van der Waals surface area contributed by atoms with E-state index in [1.54, 1.807) is 32.2 Å². The van der Waals surface area contributed by atoms with Gasteiger partial charge in [0.05, 0.1) is 28.8 Å². The second-order valence-corrected chi connectivity index (χ2v) is 7.03. The molecule has 0 fully saturated rings. The van der Waals surface area contributed by atoms with Crippen molar-refractivity contribution in [3.8, 4) is 5.75 Å². The first kappa shape index (κ1) is 19.2. The molecule has 0 saturated heterocycles. The lowest BCUT2D eigenvalue weighted by Gasteiger charge is -2.33.